The molecule has 102 valence electrons. The van der Waals surface area contributed by atoms with Crippen molar-refractivity contribution in [1.82, 2.24) is 4.98 Å². The Balaban J connectivity index is 2.26. The van der Waals surface area contributed by atoms with Gasteiger partial charge in [0.25, 0.3) is 0 Å². The lowest BCUT2D eigenvalue weighted by molar-refractivity contribution is 0.629. The quantitative estimate of drug-likeness (QED) is 0.781. The van der Waals surface area contributed by atoms with Gasteiger partial charge in [0.2, 0.25) is 0 Å². The molecule has 0 amide bonds. The molecule has 1 aromatic heterocycles. The molecule has 0 spiro atoms. The smallest absolute Gasteiger partial charge is 0.149 e. The Morgan fingerprint density at radius 2 is 1.90 bits per heavy atom. The number of nitrogens with zero attached hydrogens (tertiary/aromatic N) is 2. The third kappa shape index (κ3) is 2.35. The van der Waals surface area contributed by atoms with Crippen LogP contribution in [0.1, 0.15) is 11.3 Å². The van der Waals surface area contributed by atoms with E-state index in [1.165, 1.54) is 6.07 Å². The Morgan fingerprint density at radius 1 is 1.10 bits per heavy atom. The number of benzene rings is 2. The molecule has 21 heavy (non-hydrogen) atoms. The molecule has 0 aliphatic heterocycles. The Labute approximate surface area is 121 Å². The van der Waals surface area contributed by atoms with Gasteiger partial charge in [-0.1, -0.05) is 30.3 Å². The summed E-state index contributed by atoms with van der Waals surface area (Å²) in [6.07, 6.45) is 0. The van der Waals surface area contributed by atoms with Crippen LogP contribution in [0.3, 0.4) is 0 Å². The standard InChI is InChI=1S/C17H12FN3/c18-15-7-11(9-19)5-6-13(15)14-8-12-3-1-2-4-16(12)21-17(14)10-20/h1-8H,9,19H2. The van der Waals surface area contributed by atoms with Crippen molar-refractivity contribution in [2.75, 3.05) is 0 Å². The zero-order valence-electron chi connectivity index (χ0n) is 11.2. The molecule has 0 fully saturated rings. The summed E-state index contributed by atoms with van der Waals surface area (Å²) in [6.45, 7) is 0.276. The SMILES string of the molecule is N#Cc1nc2ccccc2cc1-c1ccc(CN)cc1F. The number of nitriles is 1. The summed E-state index contributed by atoms with van der Waals surface area (Å²) in [5.41, 5.74) is 8.01. The van der Waals surface area contributed by atoms with E-state index in [1.807, 2.05) is 30.3 Å². The number of nitrogens with two attached hydrogens (primary N) is 1. The number of rotatable bonds is 2. The maximum absolute atomic E-state index is 14.2. The zero-order valence-corrected chi connectivity index (χ0v) is 11.2. The van der Waals surface area contributed by atoms with Crippen molar-refractivity contribution in [1.29, 1.82) is 5.26 Å². The first kappa shape index (κ1) is 13.2. The van der Waals surface area contributed by atoms with Crippen molar-refractivity contribution in [2.24, 2.45) is 5.73 Å². The maximum Gasteiger partial charge on any atom is 0.149 e. The van der Waals surface area contributed by atoms with E-state index in [0.29, 0.717) is 16.7 Å². The fraction of sp³-hybridized carbons (Fsp3) is 0.0588. The molecular formula is C17H12FN3. The van der Waals surface area contributed by atoms with Gasteiger partial charge in [0.1, 0.15) is 17.6 Å². The van der Waals surface area contributed by atoms with E-state index in [-0.39, 0.29) is 12.2 Å². The summed E-state index contributed by atoms with van der Waals surface area (Å²) in [5.74, 6) is -0.397. The Hall–Kier alpha value is -2.77. The molecule has 0 saturated carbocycles. The van der Waals surface area contributed by atoms with Gasteiger partial charge in [-0.25, -0.2) is 9.37 Å². The number of hydrogen-bond acceptors (Lipinski definition) is 3. The topological polar surface area (TPSA) is 62.7 Å². The molecule has 0 atom stereocenters. The highest BCUT2D eigenvalue weighted by Gasteiger charge is 2.13. The van der Waals surface area contributed by atoms with Gasteiger partial charge in [-0.2, -0.15) is 5.26 Å². The second-order valence-corrected chi connectivity index (χ2v) is 4.71. The first-order valence-electron chi connectivity index (χ1n) is 6.51. The molecule has 3 rings (SSSR count). The lowest BCUT2D eigenvalue weighted by atomic mass is 10.00. The molecule has 1 heterocycles. The largest absolute Gasteiger partial charge is 0.326 e. The Morgan fingerprint density at radius 3 is 2.62 bits per heavy atom. The van der Waals surface area contributed by atoms with E-state index in [2.05, 4.69) is 4.98 Å². The first-order valence-corrected chi connectivity index (χ1v) is 6.51. The fourth-order valence-corrected chi connectivity index (χ4v) is 2.31. The zero-order chi connectivity index (χ0) is 14.8. The number of halogens is 1. The van der Waals surface area contributed by atoms with Gasteiger partial charge in [-0.05, 0) is 23.8 Å². The highest BCUT2D eigenvalue weighted by atomic mass is 19.1. The lowest BCUT2D eigenvalue weighted by Gasteiger charge is -2.08. The van der Waals surface area contributed by atoms with Crippen molar-refractivity contribution in [3.63, 3.8) is 0 Å². The van der Waals surface area contributed by atoms with Gasteiger partial charge in [-0.15, -0.1) is 0 Å². The van der Waals surface area contributed by atoms with Crippen LogP contribution in [0, 0.1) is 17.1 Å². The molecule has 3 aromatic rings. The van der Waals surface area contributed by atoms with Crippen LogP contribution in [-0.2, 0) is 6.54 Å². The van der Waals surface area contributed by atoms with Crippen LogP contribution in [0.2, 0.25) is 0 Å². The summed E-state index contributed by atoms with van der Waals surface area (Å²) >= 11 is 0. The average molecular weight is 277 g/mol. The highest BCUT2D eigenvalue weighted by Crippen LogP contribution is 2.29. The third-order valence-electron chi connectivity index (χ3n) is 3.39. The van der Waals surface area contributed by atoms with Gasteiger partial charge in [0.05, 0.1) is 5.52 Å². The lowest BCUT2D eigenvalue weighted by Crippen LogP contribution is -1.98. The van der Waals surface area contributed by atoms with Crippen LogP contribution in [0.25, 0.3) is 22.0 Å². The molecule has 0 bridgehead atoms. The van der Waals surface area contributed by atoms with Crippen LogP contribution in [-0.4, -0.2) is 4.98 Å². The van der Waals surface area contributed by atoms with Crippen LogP contribution in [0.5, 0.6) is 0 Å². The van der Waals surface area contributed by atoms with Crippen LogP contribution < -0.4 is 5.73 Å². The fourth-order valence-electron chi connectivity index (χ4n) is 2.31. The molecule has 0 radical (unpaired) electrons. The van der Waals surface area contributed by atoms with E-state index in [4.69, 9.17) is 5.73 Å². The number of fused-ring (bicyclic) bond motifs is 1. The summed E-state index contributed by atoms with van der Waals surface area (Å²) in [6, 6.07) is 16.1. The normalized spacial score (nSPS) is 10.5. The van der Waals surface area contributed by atoms with E-state index >= 15 is 0 Å². The van der Waals surface area contributed by atoms with Crippen molar-refractivity contribution < 1.29 is 4.39 Å². The van der Waals surface area contributed by atoms with E-state index in [0.717, 1.165) is 10.9 Å². The number of pyridine rings is 1. The van der Waals surface area contributed by atoms with Gasteiger partial charge in [-0.3, -0.25) is 0 Å². The molecular weight excluding hydrogens is 265 g/mol. The molecule has 0 saturated heterocycles. The van der Waals surface area contributed by atoms with Crippen LogP contribution in [0.15, 0.2) is 48.5 Å². The molecule has 0 aliphatic carbocycles. The van der Waals surface area contributed by atoms with Gasteiger partial charge < -0.3 is 5.73 Å². The average Bonchev–Trinajstić information content (AvgIpc) is 2.53. The van der Waals surface area contributed by atoms with Gasteiger partial charge in [0, 0.05) is 23.1 Å². The molecule has 4 heteroatoms. The number of para-hydroxylation sites is 1. The van der Waals surface area contributed by atoms with Crippen molar-refractivity contribution in [3.05, 3.63) is 65.6 Å². The van der Waals surface area contributed by atoms with Crippen molar-refractivity contribution in [2.45, 2.75) is 6.54 Å². The van der Waals surface area contributed by atoms with Crippen molar-refractivity contribution >= 4 is 10.9 Å². The molecule has 2 aromatic carbocycles. The van der Waals surface area contributed by atoms with Gasteiger partial charge in [0.15, 0.2) is 0 Å². The predicted molar refractivity (Wildman–Crippen MR) is 79.7 cm³/mol. The molecule has 3 nitrogen and oxygen atoms in total. The molecule has 0 unspecified atom stereocenters. The minimum absolute atomic E-state index is 0.216. The minimum Gasteiger partial charge on any atom is -0.326 e. The Bertz CT molecular complexity index is 866. The van der Waals surface area contributed by atoms with Crippen LogP contribution >= 0.6 is 0 Å². The highest BCUT2D eigenvalue weighted by molar-refractivity contribution is 5.86. The Kier molecular flexibility index (Phi) is 3.35. The first-order chi connectivity index (χ1) is 10.2. The number of aromatic nitrogens is 1. The van der Waals surface area contributed by atoms with Gasteiger partial charge >= 0.3 is 0 Å². The summed E-state index contributed by atoms with van der Waals surface area (Å²) < 4.78 is 14.2. The third-order valence-corrected chi connectivity index (χ3v) is 3.39. The molecule has 0 aliphatic rings. The molecule has 2 N–H and O–H groups in total. The number of hydrogen-bond donors (Lipinski definition) is 1. The van der Waals surface area contributed by atoms with E-state index in [1.54, 1.807) is 18.2 Å². The van der Waals surface area contributed by atoms with Crippen LogP contribution in [0.4, 0.5) is 4.39 Å². The minimum atomic E-state index is -0.397. The summed E-state index contributed by atoms with van der Waals surface area (Å²) in [7, 11) is 0. The monoisotopic (exact) mass is 277 g/mol. The second kappa shape index (κ2) is 5.31. The second-order valence-electron chi connectivity index (χ2n) is 4.71. The maximum atomic E-state index is 14.2. The predicted octanol–water partition coefficient (Wildman–Crippen LogP) is 3.37. The van der Waals surface area contributed by atoms with Crippen molar-refractivity contribution in [3.8, 4) is 17.2 Å². The van der Waals surface area contributed by atoms with E-state index in [9.17, 15) is 9.65 Å². The summed E-state index contributed by atoms with van der Waals surface area (Å²) in [5, 5.41) is 10.1. The van der Waals surface area contributed by atoms with E-state index < -0.39 is 5.82 Å². The summed E-state index contributed by atoms with van der Waals surface area (Å²) in [4.78, 5) is 4.30.